The Morgan fingerprint density at radius 2 is 1.88 bits per heavy atom. The zero-order chi connectivity index (χ0) is 22.5. The number of nitrogen functional groups attached to an aromatic ring is 1. The van der Waals surface area contributed by atoms with E-state index in [-0.39, 0.29) is 5.91 Å². The van der Waals surface area contributed by atoms with E-state index in [1.807, 2.05) is 13.8 Å². The molecule has 1 fully saturated rings. The third kappa shape index (κ3) is 5.01. The number of piperidine rings is 1. The zero-order valence-electron chi connectivity index (χ0n) is 18.5. The van der Waals surface area contributed by atoms with Crippen molar-refractivity contribution in [1.29, 1.82) is 0 Å². The Hall–Kier alpha value is -3.57. The fourth-order valence-corrected chi connectivity index (χ4v) is 3.71. The number of nitrogens with two attached hydrogens (primary N) is 1. The van der Waals surface area contributed by atoms with Gasteiger partial charge in [0.1, 0.15) is 16.9 Å². The molecule has 4 rings (SSSR count). The standard InChI is InChI=1S/C24H27N7O/c1-16-17(2)30-22-20(23(25)28-15-21(22)29-16)7-6-18-12-19(14-26-13-18)24(32)27-8-11-31-9-4-3-5-10-31/h12-15H,3-5,8-11H2,1-2H3,(H2,25,28)(H,27,32). The number of aryl methyl sites for hydroxylation is 2. The van der Waals surface area contributed by atoms with Crippen LogP contribution in [0.15, 0.2) is 24.7 Å². The molecular formula is C24H27N7O. The van der Waals surface area contributed by atoms with Crippen molar-refractivity contribution in [2.75, 3.05) is 31.9 Å². The smallest absolute Gasteiger partial charge is 0.252 e. The lowest BCUT2D eigenvalue weighted by molar-refractivity contribution is 0.0946. The van der Waals surface area contributed by atoms with Gasteiger partial charge in [0.2, 0.25) is 0 Å². The van der Waals surface area contributed by atoms with Gasteiger partial charge in [0.05, 0.1) is 28.7 Å². The first kappa shape index (κ1) is 21.7. The van der Waals surface area contributed by atoms with Crippen LogP contribution >= 0.6 is 0 Å². The van der Waals surface area contributed by atoms with Crippen LogP contribution in [-0.4, -0.2) is 56.9 Å². The number of pyridine rings is 2. The van der Waals surface area contributed by atoms with Crippen molar-refractivity contribution in [2.45, 2.75) is 33.1 Å². The van der Waals surface area contributed by atoms with E-state index in [0.717, 1.165) is 31.0 Å². The number of fused-ring (bicyclic) bond motifs is 1. The molecule has 0 aliphatic carbocycles. The fourth-order valence-electron chi connectivity index (χ4n) is 3.71. The third-order valence-corrected chi connectivity index (χ3v) is 5.65. The van der Waals surface area contributed by atoms with Crippen molar-refractivity contribution < 1.29 is 4.79 Å². The molecule has 1 aliphatic heterocycles. The Kier molecular flexibility index (Phi) is 6.57. The Balaban J connectivity index is 1.50. The van der Waals surface area contributed by atoms with Crippen molar-refractivity contribution in [2.24, 2.45) is 0 Å². The molecule has 164 valence electrons. The molecule has 1 saturated heterocycles. The van der Waals surface area contributed by atoms with Crippen molar-refractivity contribution in [3.05, 3.63) is 52.7 Å². The second-order valence-electron chi connectivity index (χ2n) is 8.02. The van der Waals surface area contributed by atoms with Gasteiger partial charge < -0.3 is 16.0 Å². The molecule has 8 nitrogen and oxygen atoms in total. The molecule has 0 aromatic carbocycles. The number of rotatable bonds is 4. The number of nitrogens with one attached hydrogen (secondary N) is 1. The molecular weight excluding hydrogens is 402 g/mol. The first-order valence-electron chi connectivity index (χ1n) is 10.9. The SMILES string of the molecule is Cc1nc2cnc(N)c(C#Cc3cncc(C(=O)NCCN4CCCCC4)c3)c2nc1C. The molecule has 0 spiro atoms. The molecule has 32 heavy (non-hydrogen) atoms. The Bertz CT molecular complexity index is 1210. The minimum atomic E-state index is -0.151. The van der Waals surface area contributed by atoms with Crippen LogP contribution in [0.1, 0.15) is 52.1 Å². The van der Waals surface area contributed by atoms with Crippen molar-refractivity contribution >= 4 is 22.8 Å². The Morgan fingerprint density at radius 3 is 2.69 bits per heavy atom. The topological polar surface area (TPSA) is 110 Å². The average molecular weight is 430 g/mol. The summed E-state index contributed by atoms with van der Waals surface area (Å²) in [6, 6.07) is 1.73. The number of aromatic nitrogens is 4. The van der Waals surface area contributed by atoms with Gasteiger partial charge in [0, 0.05) is 31.0 Å². The highest BCUT2D eigenvalue weighted by Gasteiger charge is 2.12. The molecule has 0 unspecified atom stereocenters. The highest BCUT2D eigenvalue weighted by atomic mass is 16.1. The van der Waals surface area contributed by atoms with Crippen LogP contribution in [0.3, 0.4) is 0 Å². The van der Waals surface area contributed by atoms with E-state index in [1.54, 1.807) is 24.7 Å². The van der Waals surface area contributed by atoms with Gasteiger partial charge >= 0.3 is 0 Å². The highest BCUT2D eigenvalue weighted by molar-refractivity contribution is 5.94. The molecule has 3 N–H and O–H groups in total. The highest BCUT2D eigenvalue weighted by Crippen LogP contribution is 2.19. The van der Waals surface area contributed by atoms with Gasteiger partial charge in [-0.25, -0.2) is 15.0 Å². The van der Waals surface area contributed by atoms with E-state index in [0.29, 0.717) is 40.1 Å². The maximum Gasteiger partial charge on any atom is 0.252 e. The summed E-state index contributed by atoms with van der Waals surface area (Å²) in [5, 5.41) is 2.98. The maximum atomic E-state index is 12.5. The van der Waals surface area contributed by atoms with Gasteiger partial charge in [0.25, 0.3) is 5.91 Å². The summed E-state index contributed by atoms with van der Waals surface area (Å²) in [6.45, 7) is 7.50. The minimum absolute atomic E-state index is 0.151. The second kappa shape index (κ2) is 9.71. The predicted octanol–water partition coefficient (Wildman–Crippen LogP) is 2.23. The second-order valence-corrected chi connectivity index (χ2v) is 8.02. The quantitative estimate of drug-likeness (QED) is 0.612. The molecule has 3 aromatic heterocycles. The van der Waals surface area contributed by atoms with Crippen LogP contribution in [0.2, 0.25) is 0 Å². The number of nitrogens with zero attached hydrogens (tertiary/aromatic N) is 5. The lowest BCUT2D eigenvalue weighted by Gasteiger charge is -2.26. The van der Waals surface area contributed by atoms with E-state index >= 15 is 0 Å². The van der Waals surface area contributed by atoms with Crippen LogP contribution in [-0.2, 0) is 0 Å². The molecule has 8 heteroatoms. The maximum absolute atomic E-state index is 12.5. The van der Waals surface area contributed by atoms with Gasteiger partial charge in [-0.05, 0) is 45.8 Å². The minimum Gasteiger partial charge on any atom is -0.383 e. The summed E-state index contributed by atoms with van der Waals surface area (Å²) >= 11 is 0. The van der Waals surface area contributed by atoms with Gasteiger partial charge in [0.15, 0.2) is 0 Å². The zero-order valence-corrected chi connectivity index (χ0v) is 18.5. The molecule has 0 atom stereocenters. The summed E-state index contributed by atoms with van der Waals surface area (Å²) in [5.41, 5.74) is 10.6. The van der Waals surface area contributed by atoms with Crippen molar-refractivity contribution in [3.8, 4) is 11.8 Å². The molecule has 0 radical (unpaired) electrons. The molecule has 1 aliphatic rings. The van der Waals surface area contributed by atoms with E-state index in [1.165, 1.54) is 19.3 Å². The monoisotopic (exact) mass is 429 g/mol. The van der Waals surface area contributed by atoms with E-state index in [2.05, 4.69) is 42.0 Å². The summed E-state index contributed by atoms with van der Waals surface area (Å²) in [7, 11) is 0. The van der Waals surface area contributed by atoms with Gasteiger partial charge in [-0.2, -0.15) is 0 Å². The van der Waals surface area contributed by atoms with E-state index in [4.69, 9.17) is 5.73 Å². The van der Waals surface area contributed by atoms with Crippen LogP contribution < -0.4 is 11.1 Å². The first-order chi connectivity index (χ1) is 15.5. The van der Waals surface area contributed by atoms with Crippen LogP contribution in [0.25, 0.3) is 11.0 Å². The first-order valence-corrected chi connectivity index (χ1v) is 10.9. The van der Waals surface area contributed by atoms with Gasteiger partial charge in [-0.1, -0.05) is 18.3 Å². The number of likely N-dealkylation sites (tertiary alicyclic amines) is 1. The molecule has 1 amide bonds. The Labute approximate surface area is 187 Å². The molecule has 4 heterocycles. The average Bonchev–Trinajstić information content (AvgIpc) is 2.80. The molecule has 0 saturated carbocycles. The number of carbonyl (C=O) groups is 1. The van der Waals surface area contributed by atoms with E-state index < -0.39 is 0 Å². The lowest BCUT2D eigenvalue weighted by atomic mass is 10.1. The summed E-state index contributed by atoms with van der Waals surface area (Å²) < 4.78 is 0. The number of hydrogen-bond acceptors (Lipinski definition) is 7. The van der Waals surface area contributed by atoms with Crippen molar-refractivity contribution in [1.82, 2.24) is 30.2 Å². The fraction of sp³-hybridized carbons (Fsp3) is 0.375. The van der Waals surface area contributed by atoms with Crippen molar-refractivity contribution in [3.63, 3.8) is 0 Å². The number of anilines is 1. The summed E-state index contributed by atoms with van der Waals surface area (Å²) in [4.78, 5) is 32.4. The molecule has 0 bridgehead atoms. The Morgan fingerprint density at radius 1 is 1.09 bits per heavy atom. The largest absolute Gasteiger partial charge is 0.383 e. The number of hydrogen-bond donors (Lipinski definition) is 2. The third-order valence-electron chi connectivity index (χ3n) is 5.65. The van der Waals surface area contributed by atoms with Crippen LogP contribution in [0.4, 0.5) is 5.82 Å². The van der Waals surface area contributed by atoms with E-state index in [9.17, 15) is 4.79 Å². The van der Waals surface area contributed by atoms with Crippen LogP contribution in [0, 0.1) is 25.7 Å². The summed E-state index contributed by atoms with van der Waals surface area (Å²) in [5.74, 6) is 6.24. The predicted molar refractivity (Wildman–Crippen MR) is 124 cm³/mol. The molecule has 3 aromatic rings. The van der Waals surface area contributed by atoms with Gasteiger partial charge in [-0.15, -0.1) is 0 Å². The number of carbonyl (C=O) groups excluding carboxylic acids is 1. The summed E-state index contributed by atoms with van der Waals surface area (Å²) in [6.07, 6.45) is 8.54. The lowest BCUT2D eigenvalue weighted by Crippen LogP contribution is -2.37. The number of amides is 1. The van der Waals surface area contributed by atoms with Gasteiger partial charge in [-0.3, -0.25) is 9.78 Å². The van der Waals surface area contributed by atoms with Crippen LogP contribution in [0.5, 0.6) is 0 Å². The normalized spacial score (nSPS) is 14.1.